The third kappa shape index (κ3) is 4.63. The predicted octanol–water partition coefficient (Wildman–Crippen LogP) is 7.39. The first kappa shape index (κ1) is 21.9. The number of hydrogen-bond donors (Lipinski definition) is 1. The lowest BCUT2D eigenvalue weighted by Gasteiger charge is -2.18. The maximum Gasteiger partial charge on any atom is 0.416 e. The van der Waals surface area contributed by atoms with E-state index in [1.807, 2.05) is 30.3 Å². The molecule has 0 radical (unpaired) electrons. The molecule has 0 heterocycles. The Morgan fingerprint density at radius 1 is 0.875 bits per heavy atom. The number of ether oxygens (including phenoxy) is 1. The fraction of sp³-hybridized carbons (Fsp3) is 0.185. The number of hydrogen-bond acceptors (Lipinski definition) is 2. The van der Waals surface area contributed by atoms with Crippen molar-refractivity contribution in [2.75, 3.05) is 7.11 Å². The minimum atomic E-state index is -4.36. The van der Waals surface area contributed by atoms with Crippen LogP contribution >= 0.6 is 0 Å². The summed E-state index contributed by atoms with van der Waals surface area (Å²) >= 11 is 0. The van der Waals surface area contributed by atoms with E-state index >= 15 is 0 Å². The van der Waals surface area contributed by atoms with Crippen LogP contribution in [0.1, 0.15) is 29.7 Å². The quantitative estimate of drug-likeness (QED) is 0.341. The Bertz CT molecular complexity index is 1210. The molecule has 0 aliphatic heterocycles. The van der Waals surface area contributed by atoms with Gasteiger partial charge in [-0.1, -0.05) is 60.7 Å². The molecule has 2 nitrogen and oxygen atoms in total. The van der Waals surface area contributed by atoms with E-state index in [2.05, 4.69) is 42.6 Å². The summed E-state index contributed by atoms with van der Waals surface area (Å²) in [5.74, 6) is 0.621. The van der Waals surface area contributed by atoms with Gasteiger partial charge in [0.05, 0.1) is 12.7 Å². The molecular weight excluding hydrogens is 411 g/mol. The summed E-state index contributed by atoms with van der Waals surface area (Å²) in [6.45, 7) is 2.74. The van der Waals surface area contributed by atoms with Crippen molar-refractivity contribution < 1.29 is 17.9 Å². The number of methoxy groups -OCH3 is 1. The Labute approximate surface area is 185 Å². The molecule has 0 saturated carbocycles. The van der Waals surface area contributed by atoms with Gasteiger partial charge in [0.2, 0.25) is 0 Å². The van der Waals surface area contributed by atoms with Gasteiger partial charge in [0, 0.05) is 18.2 Å². The summed E-state index contributed by atoms with van der Waals surface area (Å²) in [4.78, 5) is 0. The van der Waals surface area contributed by atoms with E-state index in [9.17, 15) is 13.2 Å². The summed E-state index contributed by atoms with van der Waals surface area (Å²) in [7, 11) is 1.56. The Morgan fingerprint density at radius 3 is 2.31 bits per heavy atom. The molecule has 0 aliphatic rings. The number of nitrogens with one attached hydrogen (secondary N) is 1. The van der Waals surface area contributed by atoms with Crippen LogP contribution in [0.4, 0.5) is 13.2 Å². The highest BCUT2D eigenvalue weighted by atomic mass is 19.4. The number of rotatable bonds is 6. The molecule has 0 bridgehead atoms. The lowest BCUT2D eigenvalue weighted by molar-refractivity contribution is -0.137. The van der Waals surface area contributed by atoms with Crippen LogP contribution < -0.4 is 10.1 Å². The zero-order valence-electron chi connectivity index (χ0n) is 17.9. The maximum absolute atomic E-state index is 12.9. The van der Waals surface area contributed by atoms with E-state index in [0.29, 0.717) is 17.9 Å². The normalized spacial score (nSPS) is 12.7. The first-order valence-corrected chi connectivity index (χ1v) is 10.4. The molecule has 164 valence electrons. The lowest BCUT2D eigenvalue weighted by atomic mass is 9.98. The van der Waals surface area contributed by atoms with Crippen LogP contribution in [0.2, 0.25) is 0 Å². The lowest BCUT2D eigenvalue weighted by Crippen LogP contribution is -2.18. The molecule has 4 rings (SSSR count). The molecule has 5 heteroatoms. The van der Waals surface area contributed by atoms with E-state index in [-0.39, 0.29) is 6.04 Å². The third-order valence-corrected chi connectivity index (χ3v) is 5.69. The second-order valence-corrected chi connectivity index (χ2v) is 7.78. The van der Waals surface area contributed by atoms with Crippen molar-refractivity contribution in [3.8, 4) is 16.9 Å². The van der Waals surface area contributed by atoms with Crippen LogP contribution in [0.5, 0.6) is 5.75 Å². The van der Waals surface area contributed by atoms with Gasteiger partial charge in [0.1, 0.15) is 5.75 Å². The van der Waals surface area contributed by atoms with Gasteiger partial charge in [-0.25, -0.2) is 0 Å². The molecule has 32 heavy (non-hydrogen) atoms. The summed E-state index contributed by atoms with van der Waals surface area (Å²) in [6, 6.07) is 25.7. The number of halogens is 3. The van der Waals surface area contributed by atoms with E-state index in [0.717, 1.165) is 23.3 Å². The maximum atomic E-state index is 12.9. The molecular formula is C27H24F3NO. The van der Waals surface area contributed by atoms with E-state index in [1.54, 1.807) is 7.11 Å². The standard InChI is InChI=1S/C27H24F3NO/c1-18(23-9-5-7-20-6-3-4-8-24(20)23)31-17-19-10-15-26(32-2)25(16-19)21-11-13-22(14-12-21)27(28,29)30/h3-16,18,31H,17H2,1-2H3/t18-/m1/s1. The highest BCUT2D eigenvalue weighted by Crippen LogP contribution is 2.35. The highest BCUT2D eigenvalue weighted by Gasteiger charge is 2.30. The number of benzene rings is 4. The van der Waals surface area contributed by atoms with Crippen LogP contribution in [0.25, 0.3) is 21.9 Å². The number of fused-ring (bicyclic) bond motifs is 1. The Morgan fingerprint density at radius 2 is 1.59 bits per heavy atom. The molecule has 0 amide bonds. The van der Waals surface area contributed by atoms with Crippen molar-refractivity contribution in [1.29, 1.82) is 0 Å². The molecule has 0 spiro atoms. The Hall–Kier alpha value is -3.31. The van der Waals surface area contributed by atoms with Gasteiger partial charge in [0.25, 0.3) is 0 Å². The highest BCUT2D eigenvalue weighted by molar-refractivity contribution is 5.86. The summed E-state index contributed by atoms with van der Waals surface area (Å²) in [5, 5.41) is 5.98. The van der Waals surface area contributed by atoms with Crippen LogP contribution in [0, 0.1) is 0 Å². The van der Waals surface area contributed by atoms with Gasteiger partial charge in [-0.15, -0.1) is 0 Å². The summed E-state index contributed by atoms with van der Waals surface area (Å²) < 4.78 is 44.2. The zero-order valence-corrected chi connectivity index (χ0v) is 17.9. The predicted molar refractivity (Wildman–Crippen MR) is 123 cm³/mol. The minimum Gasteiger partial charge on any atom is -0.496 e. The largest absolute Gasteiger partial charge is 0.496 e. The van der Waals surface area contributed by atoms with E-state index in [4.69, 9.17) is 4.74 Å². The average molecular weight is 435 g/mol. The molecule has 4 aromatic rings. The fourth-order valence-electron chi connectivity index (χ4n) is 3.94. The van der Waals surface area contributed by atoms with Gasteiger partial charge in [-0.05, 0) is 58.7 Å². The molecule has 4 aromatic carbocycles. The van der Waals surface area contributed by atoms with Crippen molar-refractivity contribution in [2.45, 2.75) is 25.7 Å². The third-order valence-electron chi connectivity index (χ3n) is 5.69. The molecule has 0 aliphatic carbocycles. The van der Waals surface area contributed by atoms with Crippen LogP contribution in [-0.2, 0) is 12.7 Å². The summed E-state index contributed by atoms with van der Waals surface area (Å²) in [6.07, 6.45) is -4.36. The SMILES string of the molecule is COc1ccc(CN[C@H](C)c2cccc3ccccc23)cc1-c1ccc(C(F)(F)F)cc1. The first-order chi connectivity index (χ1) is 15.4. The molecule has 0 aromatic heterocycles. The van der Waals surface area contributed by atoms with Gasteiger partial charge >= 0.3 is 6.18 Å². The van der Waals surface area contributed by atoms with Gasteiger partial charge in [-0.2, -0.15) is 13.2 Å². The van der Waals surface area contributed by atoms with Crippen molar-refractivity contribution in [1.82, 2.24) is 5.32 Å². The molecule has 0 fully saturated rings. The summed E-state index contributed by atoms with van der Waals surface area (Å²) in [5.41, 5.74) is 3.02. The topological polar surface area (TPSA) is 21.3 Å². The van der Waals surface area contributed by atoms with Crippen LogP contribution in [0.15, 0.2) is 84.9 Å². The smallest absolute Gasteiger partial charge is 0.416 e. The second kappa shape index (κ2) is 9.05. The second-order valence-electron chi connectivity index (χ2n) is 7.78. The zero-order chi connectivity index (χ0) is 22.7. The molecule has 1 N–H and O–H groups in total. The number of alkyl halides is 3. The van der Waals surface area contributed by atoms with Crippen molar-refractivity contribution in [2.24, 2.45) is 0 Å². The van der Waals surface area contributed by atoms with Crippen molar-refractivity contribution in [3.05, 3.63) is 102 Å². The van der Waals surface area contributed by atoms with Crippen LogP contribution in [-0.4, -0.2) is 7.11 Å². The first-order valence-electron chi connectivity index (χ1n) is 10.4. The van der Waals surface area contributed by atoms with Gasteiger partial charge in [0.15, 0.2) is 0 Å². The van der Waals surface area contributed by atoms with E-state index in [1.165, 1.54) is 28.5 Å². The monoisotopic (exact) mass is 435 g/mol. The average Bonchev–Trinajstić information content (AvgIpc) is 2.81. The molecule has 0 unspecified atom stereocenters. The minimum absolute atomic E-state index is 0.123. The molecule has 1 atom stereocenters. The fourth-order valence-corrected chi connectivity index (χ4v) is 3.94. The van der Waals surface area contributed by atoms with Crippen molar-refractivity contribution >= 4 is 10.8 Å². The Balaban J connectivity index is 1.56. The van der Waals surface area contributed by atoms with Crippen LogP contribution in [0.3, 0.4) is 0 Å². The van der Waals surface area contributed by atoms with Gasteiger partial charge in [-0.3, -0.25) is 0 Å². The van der Waals surface area contributed by atoms with Crippen molar-refractivity contribution in [3.63, 3.8) is 0 Å². The Kier molecular flexibility index (Phi) is 6.19. The molecule has 0 saturated heterocycles. The van der Waals surface area contributed by atoms with Gasteiger partial charge < -0.3 is 10.1 Å². The van der Waals surface area contributed by atoms with E-state index < -0.39 is 11.7 Å².